The minimum absolute atomic E-state index is 0.0734. The van der Waals surface area contributed by atoms with Crippen molar-refractivity contribution in [2.75, 3.05) is 13.2 Å². The van der Waals surface area contributed by atoms with Crippen molar-refractivity contribution in [2.45, 2.75) is 20.0 Å². The highest BCUT2D eigenvalue weighted by molar-refractivity contribution is 6.32. The summed E-state index contributed by atoms with van der Waals surface area (Å²) in [6, 6.07) is 9.86. The molecular formula is C21H17ClO6. The molecule has 3 aromatic rings. The first kappa shape index (κ1) is 18.4. The zero-order valence-electron chi connectivity index (χ0n) is 15.1. The van der Waals surface area contributed by atoms with Gasteiger partial charge in [0.05, 0.1) is 23.8 Å². The quantitative estimate of drug-likeness (QED) is 0.482. The van der Waals surface area contributed by atoms with E-state index < -0.39 is 11.6 Å². The smallest absolute Gasteiger partial charge is 0.338 e. The number of carbonyl (C=O) groups excluding carboxylic acids is 1. The number of halogens is 1. The molecule has 1 aliphatic rings. The molecule has 0 bridgehead atoms. The van der Waals surface area contributed by atoms with Gasteiger partial charge in [-0.1, -0.05) is 23.7 Å². The molecule has 28 heavy (non-hydrogen) atoms. The summed E-state index contributed by atoms with van der Waals surface area (Å²) in [6.45, 7) is 2.81. The van der Waals surface area contributed by atoms with Crippen molar-refractivity contribution in [2.24, 2.45) is 0 Å². The Labute approximate surface area is 165 Å². The molecule has 1 aromatic heterocycles. The third-order valence-corrected chi connectivity index (χ3v) is 4.66. The van der Waals surface area contributed by atoms with Gasteiger partial charge >= 0.3 is 11.6 Å². The number of hydrogen-bond acceptors (Lipinski definition) is 6. The zero-order chi connectivity index (χ0) is 19.7. The number of carbonyl (C=O) groups is 1. The third-order valence-electron chi connectivity index (χ3n) is 4.38. The standard InChI is InChI=1S/C21H17ClO6/c1-12-3-4-15-14(10-19(23)28-17(15)7-12)11-27-21(24)13-8-16(22)20-18(9-13)25-5-2-6-26-20/h3-4,7-10H,2,5-6,11H2,1H3. The van der Waals surface area contributed by atoms with Crippen molar-refractivity contribution in [1.82, 2.24) is 0 Å². The predicted molar refractivity (Wildman–Crippen MR) is 103 cm³/mol. The number of fused-ring (bicyclic) bond motifs is 2. The van der Waals surface area contributed by atoms with Crippen LogP contribution in [0.2, 0.25) is 5.02 Å². The molecule has 6 nitrogen and oxygen atoms in total. The van der Waals surface area contributed by atoms with E-state index in [1.165, 1.54) is 12.1 Å². The number of benzene rings is 2. The van der Waals surface area contributed by atoms with Crippen LogP contribution in [0.3, 0.4) is 0 Å². The van der Waals surface area contributed by atoms with Gasteiger partial charge in [-0.25, -0.2) is 9.59 Å². The normalized spacial score (nSPS) is 13.2. The van der Waals surface area contributed by atoms with Crippen LogP contribution in [0.1, 0.15) is 27.9 Å². The second kappa shape index (κ2) is 7.56. The van der Waals surface area contributed by atoms with Crippen molar-refractivity contribution >= 4 is 28.5 Å². The van der Waals surface area contributed by atoms with E-state index in [-0.39, 0.29) is 17.2 Å². The van der Waals surface area contributed by atoms with Gasteiger partial charge in [-0.2, -0.15) is 0 Å². The highest BCUT2D eigenvalue weighted by Crippen LogP contribution is 2.38. The summed E-state index contributed by atoms with van der Waals surface area (Å²) in [5.41, 5.74) is 1.74. The van der Waals surface area contributed by atoms with Gasteiger partial charge in [0.2, 0.25) is 0 Å². The van der Waals surface area contributed by atoms with Gasteiger partial charge in [0.15, 0.2) is 11.5 Å². The lowest BCUT2D eigenvalue weighted by Crippen LogP contribution is -2.08. The second-order valence-electron chi connectivity index (χ2n) is 6.50. The summed E-state index contributed by atoms with van der Waals surface area (Å²) < 4.78 is 21.8. The highest BCUT2D eigenvalue weighted by Gasteiger charge is 2.19. The molecule has 1 aliphatic heterocycles. The monoisotopic (exact) mass is 400 g/mol. The van der Waals surface area contributed by atoms with E-state index >= 15 is 0 Å². The van der Waals surface area contributed by atoms with E-state index in [4.69, 9.17) is 30.2 Å². The van der Waals surface area contributed by atoms with Crippen molar-refractivity contribution in [1.29, 1.82) is 0 Å². The van der Waals surface area contributed by atoms with Crippen LogP contribution in [0.4, 0.5) is 0 Å². The Morgan fingerprint density at radius 1 is 1.14 bits per heavy atom. The number of hydrogen-bond donors (Lipinski definition) is 0. The molecule has 0 atom stereocenters. The Hall–Kier alpha value is -2.99. The summed E-state index contributed by atoms with van der Waals surface area (Å²) in [4.78, 5) is 24.4. The third kappa shape index (κ3) is 3.68. The Balaban J connectivity index is 1.59. The molecule has 0 saturated heterocycles. The molecule has 2 aromatic carbocycles. The molecule has 0 spiro atoms. The van der Waals surface area contributed by atoms with Gasteiger partial charge in [-0.15, -0.1) is 0 Å². The van der Waals surface area contributed by atoms with E-state index in [0.717, 1.165) is 17.4 Å². The van der Waals surface area contributed by atoms with E-state index in [9.17, 15) is 9.59 Å². The first-order valence-corrected chi connectivity index (χ1v) is 9.19. The van der Waals surface area contributed by atoms with Crippen LogP contribution in [0.15, 0.2) is 45.6 Å². The van der Waals surface area contributed by atoms with Crippen molar-refractivity contribution < 1.29 is 23.4 Å². The second-order valence-corrected chi connectivity index (χ2v) is 6.91. The van der Waals surface area contributed by atoms with Crippen molar-refractivity contribution in [3.8, 4) is 11.5 Å². The van der Waals surface area contributed by atoms with Gasteiger partial charge < -0.3 is 18.6 Å². The topological polar surface area (TPSA) is 75.0 Å². The Morgan fingerprint density at radius 3 is 2.82 bits per heavy atom. The van der Waals surface area contributed by atoms with Crippen LogP contribution in [0, 0.1) is 6.92 Å². The molecule has 144 valence electrons. The minimum Gasteiger partial charge on any atom is -0.489 e. The summed E-state index contributed by atoms with van der Waals surface area (Å²) in [5.74, 6) is 0.266. The van der Waals surface area contributed by atoms with Gasteiger partial charge in [-0.3, -0.25) is 0 Å². The van der Waals surface area contributed by atoms with Crippen LogP contribution in [0.5, 0.6) is 11.5 Å². The number of esters is 1. The fourth-order valence-corrected chi connectivity index (χ4v) is 3.30. The molecule has 2 heterocycles. The highest BCUT2D eigenvalue weighted by atomic mass is 35.5. The molecule has 0 aliphatic carbocycles. The number of rotatable bonds is 3. The fourth-order valence-electron chi connectivity index (χ4n) is 3.03. The number of ether oxygens (including phenoxy) is 3. The molecule has 4 rings (SSSR count). The van der Waals surface area contributed by atoms with E-state index in [1.807, 2.05) is 19.1 Å². The van der Waals surface area contributed by atoms with Crippen molar-refractivity contribution in [3.05, 3.63) is 68.5 Å². The molecule has 0 N–H and O–H groups in total. The minimum atomic E-state index is -0.578. The average molecular weight is 401 g/mol. The molecular weight excluding hydrogens is 384 g/mol. The lowest BCUT2D eigenvalue weighted by Gasteiger charge is -2.12. The lowest BCUT2D eigenvalue weighted by atomic mass is 10.1. The first-order valence-electron chi connectivity index (χ1n) is 8.81. The molecule has 0 amide bonds. The Bertz CT molecular complexity index is 1120. The molecule has 0 radical (unpaired) electrons. The molecule has 0 unspecified atom stereocenters. The van der Waals surface area contributed by atoms with Crippen molar-refractivity contribution in [3.63, 3.8) is 0 Å². The Kier molecular flexibility index (Phi) is 4.96. The maximum absolute atomic E-state index is 12.5. The summed E-state index contributed by atoms with van der Waals surface area (Å²) in [6.07, 6.45) is 0.730. The average Bonchev–Trinajstić information content (AvgIpc) is 2.91. The maximum Gasteiger partial charge on any atom is 0.338 e. The molecule has 7 heteroatoms. The summed E-state index contributed by atoms with van der Waals surface area (Å²) in [7, 11) is 0. The predicted octanol–water partition coefficient (Wildman–Crippen LogP) is 4.27. The largest absolute Gasteiger partial charge is 0.489 e. The first-order chi connectivity index (χ1) is 13.5. The molecule has 0 fully saturated rings. The Morgan fingerprint density at radius 2 is 1.96 bits per heavy atom. The number of aryl methyl sites for hydroxylation is 1. The summed E-state index contributed by atoms with van der Waals surface area (Å²) in [5, 5.41) is 1.00. The fraction of sp³-hybridized carbons (Fsp3) is 0.238. The SMILES string of the molecule is Cc1ccc2c(COC(=O)c3cc(Cl)c4c(c3)OCCCO4)cc(=O)oc2c1. The lowest BCUT2D eigenvalue weighted by molar-refractivity contribution is 0.0473. The molecule has 0 saturated carbocycles. The van der Waals surface area contributed by atoms with Crippen LogP contribution < -0.4 is 15.1 Å². The van der Waals surface area contributed by atoms with Gasteiger partial charge in [0, 0.05) is 23.4 Å². The van der Waals surface area contributed by atoms with Gasteiger partial charge in [-0.05, 0) is 30.7 Å². The van der Waals surface area contributed by atoms with Crippen LogP contribution in [0.25, 0.3) is 11.0 Å². The zero-order valence-corrected chi connectivity index (χ0v) is 15.9. The van der Waals surface area contributed by atoms with E-state index in [2.05, 4.69) is 0 Å². The van der Waals surface area contributed by atoms with E-state index in [0.29, 0.717) is 35.9 Å². The van der Waals surface area contributed by atoms with E-state index in [1.54, 1.807) is 12.1 Å². The van der Waals surface area contributed by atoms with Crippen LogP contribution >= 0.6 is 11.6 Å². The van der Waals surface area contributed by atoms with Crippen LogP contribution in [-0.4, -0.2) is 19.2 Å². The van der Waals surface area contributed by atoms with Gasteiger partial charge in [0.25, 0.3) is 0 Å². The summed E-state index contributed by atoms with van der Waals surface area (Å²) >= 11 is 6.23. The maximum atomic E-state index is 12.5. The van der Waals surface area contributed by atoms with Crippen LogP contribution in [-0.2, 0) is 11.3 Å². The van der Waals surface area contributed by atoms with Gasteiger partial charge in [0.1, 0.15) is 12.2 Å².